The number of ether oxygens (including phenoxy) is 1. The van der Waals surface area contributed by atoms with Crippen molar-refractivity contribution in [3.05, 3.63) is 28.8 Å². The van der Waals surface area contributed by atoms with Crippen molar-refractivity contribution in [2.75, 3.05) is 12.3 Å². The monoisotopic (exact) mass is 475 g/mol. The van der Waals surface area contributed by atoms with Crippen molar-refractivity contribution < 1.29 is 14.0 Å². The van der Waals surface area contributed by atoms with Gasteiger partial charge in [-0.1, -0.05) is 40.7 Å². The van der Waals surface area contributed by atoms with Gasteiger partial charge in [0, 0.05) is 25.4 Å². The maximum Gasteiger partial charge on any atom is 0.306 e. The van der Waals surface area contributed by atoms with Crippen LogP contribution in [0, 0.1) is 5.92 Å². The molecule has 0 radical (unpaired) electrons. The Bertz CT molecular complexity index is 1080. The van der Waals surface area contributed by atoms with E-state index in [2.05, 4.69) is 55.4 Å². The fourth-order valence-corrected chi connectivity index (χ4v) is 4.92. The second-order valence-electron chi connectivity index (χ2n) is 10.4. The highest BCUT2D eigenvalue weighted by molar-refractivity contribution is 6.74. The van der Waals surface area contributed by atoms with E-state index in [1.807, 2.05) is 11.5 Å². The molecule has 182 valence electrons. The van der Waals surface area contributed by atoms with Gasteiger partial charge in [-0.25, -0.2) is 4.98 Å². The zero-order chi connectivity index (χ0) is 24.6. The zero-order valence-corrected chi connectivity index (χ0v) is 21.6. The molecule has 0 bridgehead atoms. The normalized spacial score (nSPS) is 21.6. The van der Waals surface area contributed by atoms with Crippen LogP contribution in [0.25, 0.3) is 11.2 Å². The molecule has 1 aliphatic carbocycles. The summed E-state index contributed by atoms with van der Waals surface area (Å²) in [5, 5.41) is 0.0582. The number of nitrogens with two attached hydrogens (primary N) is 1. The predicted octanol–water partition coefficient (Wildman–Crippen LogP) is 3.94. The molecule has 0 saturated heterocycles. The van der Waals surface area contributed by atoms with E-state index in [0.717, 1.165) is 18.4 Å². The maximum atomic E-state index is 12.5. The molecule has 33 heavy (non-hydrogen) atoms. The van der Waals surface area contributed by atoms with E-state index in [0.29, 0.717) is 25.1 Å². The summed E-state index contributed by atoms with van der Waals surface area (Å²) in [6.45, 7) is 17.8. The van der Waals surface area contributed by atoms with Gasteiger partial charge in [0.25, 0.3) is 5.56 Å². The van der Waals surface area contributed by atoms with Crippen molar-refractivity contribution in [2.24, 2.45) is 5.92 Å². The summed E-state index contributed by atoms with van der Waals surface area (Å²) < 4.78 is 14.2. The lowest BCUT2D eigenvalue weighted by atomic mass is 10.0. The molecule has 2 aromatic heterocycles. The summed E-state index contributed by atoms with van der Waals surface area (Å²) in [6.07, 6.45) is 3.83. The van der Waals surface area contributed by atoms with Crippen molar-refractivity contribution in [3.63, 3.8) is 0 Å². The molecule has 3 rings (SSSR count). The third-order valence-corrected chi connectivity index (χ3v) is 11.5. The molecule has 0 aromatic carbocycles. The quantitative estimate of drug-likeness (QED) is 0.336. The molecule has 1 aliphatic rings. The first-order valence-corrected chi connectivity index (χ1v) is 14.5. The van der Waals surface area contributed by atoms with Gasteiger partial charge in [0.05, 0.1) is 12.4 Å². The number of imidazole rings is 1. The minimum absolute atomic E-state index is 0.0261. The average molecular weight is 476 g/mol. The number of H-pyrrole nitrogens is 1. The number of hydrogen-bond acceptors (Lipinski definition) is 7. The number of unbranched alkanes of at least 4 members (excludes halogenated alkanes) is 1. The lowest BCUT2D eigenvalue weighted by Gasteiger charge is -2.37. The SMILES string of the molecule is C=C1[C@H](n2cnc3c(=O)[nH]c(N)nc32)C[C@H](OC(=O)CCCC)[C@H]1CO[Si](C)(C)C(C)(C)C. The average Bonchev–Trinajstić information content (AvgIpc) is 3.25. The molecule has 3 N–H and O–H groups in total. The van der Waals surface area contributed by atoms with Gasteiger partial charge in [-0.2, -0.15) is 4.98 Å². The molecule has 0 spiro atoms. The summed E-state index contributed by atoms with van der Waals surface area (Å²) >= 11 is 0. The molecular formula is C23H37N5O4Si. The van der Waals surface area contributed by atoms with Crippen LogP contribution in [0.15, 0.2) is 23.3 Å². The van der Waals surface area contributed by atoms with E-state index in [9.17, 15) is 9.59 Å². The molecule has 1 saturated carbocycles. The summed E-state index contributed by atoms with van der Waals surface area (Å²) in [4.78, 5) is 35.7. The maximum absolute atomic E-state index is 12.5. The number of fused-ring (bicyclic) bond motifs is 1. The molecule has 2 heterocycles. The number of aromatic amines is 1. The van der Waals surface area contributed by atoms with E-state index < -0.39 is 8.32 Å². The Labute approximate surface area is 195 Å². The van der Waals surface area contributed by atoms with Crippen LogP contribution in [0.4, 0.5) is 5.95 Å². The zero-order valence-electron chi connectivity index (χ0n) is 20.6. The van der Waals surface area contributed by atoms with Crippen molar-refractivity contribution in [3.8, 4) is 0 Å². The van der Waals surface area contributed by atoms with Gasteiger partial charge in [-0.15, -0.1) is 0 Å². The number of hydrogen-bond donors (Lipinski definition) is 2. The molecule has 1 fully saturated rings. The number of aromatic nitrogens is 4. The Kier molecular flexibility index (Phi) is 7.18. The molecule has 0 amide bonds. The fourth-order valence-electron chi connectivity index (χ4n) is 3.89. The van der Waals surface area contributed by atoms with Gasteiger partial charge < -0.3 is 19.5 Å². The first-order valence-electron chi connectivity index (χ1n) is 11.6. The predicted molar refractivity (Wildman–Crippen MR) is 131 cm³/mol. The molecule has 9 nitrogen and oxygen atoms in total. The molecule has 0 aliphatic heterocycles. The van der Waals surface area contributed by atoms with Gasteiger partial charge in [0.1, 0.15) is 6.10 Å². The molecule has 10 heteroatoms. The number of carbonyl (C=O) groups excluding carboxylic acids is 1. The molecule has 3 atom stereocenters. The highest BCUT2D eigenvalue weighted by atomic mass is 28.4. The van der Waals surface area contributed by atoms with Crippen LogP contribution in [0.1, 0.15) is 59.4 Å². The van der Waals surface area contributed by atoms with Gasteiger partial charge in [-0.05, 0) is 30.1 Å². The third kappa shape index (κ3) is 5.21. The topological polar surface area (TPSA) is 125 Å². The van der Waals surface area contributed by atoms with Crippen LogP contribution >= 0.6 is 0 Å². The minimum Gasteiger partial charge on any atom is -0.462 e. The lowest BCUT2D eigenvalue weighted by Crippen LogP contribution is -2.43. The van der Waals surface area contributed by atoms with Crippen LogP contribution in [-0.2, 0) is 14.0 Å². The standard InChI is InChI=1S/C23H37N5O4Si/c1-8-9-10-18(29)32-17-11-16(14(2)15(17)12-31-33(6,7)23(3,4)5)28-13-25-19-20(28)26-22(24)27-21(19)30/h13,15-17H,2,8-12H2,1,3-7H3,(H3,24,26,27,30)/t15-,16+,17-/m0/s1. The van der Waals surface area contributed by atoms with Crippen LogP contribution in [0.2, 0.25) is 18.1 Å². The Morgan fingerprint density at radius 3 is 2.73 bits per heavy atom. The Balaban J connectivity index is 1.90. The number of nitrogens with zero attached hydrogens (tertiary/aromatic N) is 3. The Morgan fingerprint density at radius 1 is 1.39 bits per heavy atom. The molecular weight excluding hydrogens is 438 g/mol. The summed E-state index contributed by atoms with van der Waals surface area (Å²) in [5.74, 6) is -0.341. The molecule has 2 aromatic rings. The summed E-state index contributed by atoms with van der Waals surface area (Å²) in [5.41, 5.74) is 6.87. The first-order chi connectivity index (χ1) is 15.4. The minimum atomic E-state index is -2.01. The van der Waals surface area contributed by atoms with Crippen molar-refractivity contribution in [2.45, 2.75) is 83.7 Å². The Morgan fingerprint density at radius 2 is 2.09 bits per heavy atom. The summed E-state index contributed by atoms with van der Waals surface area (Å²) in [7, 11) is -2.01. The van der Waals surface area contributed by atoms with E-state index in [-0.39, 0.29) is 46.1 Å². The number of nitrogens with one attached hydrogen (secondary N) is 1. The van der Waals surface area contributed by atoms with E-state index in [1.54, 1.807) is 6.33 Å². The van der Waals surface area contributed by atoms with E-state index >= 15 is 0 Å². The van der Waals surface area contributed by atoms with Crippen molar-refractivity contribution in [1.82, 2.24) is 19.5 Å². The lowest BCUT2D eigenvalue weighted by molar-refractivity contribution is -0.151. The first kappa shape index (κ1) is 25.2. The van der Waals surface area contributed by atoms with Gasteiger partial charge in [0.15, 0.2) is 19.5 Å². The highest BCUT2D eigenvalue weighted by Gasteiger charge is 2.44. The van der Waals surface area contributed by atoms with Crippen LogP contribution in [0.5, 0.6) is 0 Å². The van der Waals surface area contributed by atoms with Gasteiger partial charge in [0.2, 0.25) is 5.95 Å². The van der Waals surface area contributed by atoms with Gasteiger partial charge in [-0.3, -0.25) is 14.6 Å². The Hall–Kier alpha value is -2.46. The van der Waals surface area contributed by atoms with E-state index in [4.69, 9.17) is 14.9 Å². The number of rotatable bonds is 8. The number of esters is 1. The highest BCUT2D eigenvalue weighted by Crippen LogP contribution is 2.44. The second kappa shape index (κ2) is 9.42. The summed E-state index contributed by atoms with van der Waals surface area (Å²) in [6, 6.07) is -0.235. The number of nitrogen functional groups attached to an aromatic ring is 1. The van der Waals surface area contributed by atoms with Crippen LogP contribution in [-0.4, -0.2) is 46.5 Å². The largest absolute Gasteiger partial charge is 0.462 e. The number of carbonyl (C=O) groups is 1. The van der Waals surface area contributed by atoms with Crippen molar-refractivity contribution >= 4 is 31.4 Å². The second-order valence-corrected chi connectivity index (χ2v) is 15.2. The smallest absolute Gasteiger partial charge is 0.306 e. The third-order valence-electron chi connectivity index (χ3n) is 7.04. The van der Waals surface area contributed by atoms with Crippen molar-refractivity contribution in [1.29, 1.82) is 0 Å². The number of anilines is 1. The van der Waals surface area contributed by atoms with Crippen LogP contribution < -0.4 is 11.3 Å². The van der Waals surface area contributed by atoms with E-state index in [1.165, 1.54) is 0 Å². The fraction of sp³-hybridized carbons (Fsp3) is 0.652. The molecule has 0 unspecified atom stereocenters. The van der Waals surface area contributed by atoms with Gasteiger partial charge >= 0.3 is 5.97 Å². The van der Waals surface area contributed by atoms with Crippen LogP contribution in [0.3, 0.4) is 0 Å².